The fourth-order valence-electron chi connectivity index (χ4n) is 3.41. The fraction of sp³-hybridized carbons (Fsp3) is 0.292. The van der Waals surface area contributed by atoms with Crippen molar-refractivity contribution in [2.45, 2.75) is 38.6 Å². The smallest absolute Gasteiger partial charge is 0.326 e. The second-order valence-corrected chi connectivity index (χ2v) is 8.73. The van der Waals surface area contributed by atoms with Gasteiger partial charge in [0.15, 0.2) is 0 Å². The van der Waals surface area contributed by atoms with Gasteiger partial charge in [-0.25, -0.2) is 4.79 Å². The molecule has 1 aromatic heterocycles. The minimum Gasteiger partial charge on any atom is -0.480 e. The van der Waals surface area contributed by atoms with Crippen molar-refractivity contribution in [2.24, 2.45) is 0 Å². The Balaban J connectivity index is 1.67. The number of aliphatic carboxylic acids is 1. The monoisotopic (exact) mass is 518 g/mol. The van der Waals surface area contributed by atoms with Gasteiger partial charge in [-0.3, -0.25) is 19.4 Å². The van der Waals surface area contributed by atoms with Crippen molar-refractivity contribution in [3.8, 4) is 0 Å². The summed E-state index contributed by atoms with van der Waals surface area (Å²) in [6, 6.07) is 5.13. The number of carbonyl (C=O) groups excluding carboxylic acids is 1. The van der Waals surface area contributed by atoms with E-state index in [-0.39, 0.29) is 33.5 Å². The van der Waals surface area contributed by atoms with Crippen molar-refractivity contribution in [1.29, 1.82) is 0 Å². The third kappa shape index (κ3) is 6.37. The molecular formula is C24H24Cl2N4O5. The van der Waals surface area contributed by atoms with E-state index in [1.54, 1.807) is 12.1 Å². The van der Waals surface area contributed by atoms with E-state index in [1.165, 1.54) is 24.5 Å². The number of anilines is 3. The number of benzene rings is 1. The van der Waals surface area contributed by atoms with Crippen molar-refractivity contribution in [2.75, 3.05) is 22.5 Å². The molecule has 0 aliphatic rings. The van der Waals surface area contributed by atoms with Crippen LogP contribution < -0.4 is 26.8 Å². The highest BCUT2D eigenvalue weighted by Gasteiger charge is 2.26. The Bertz CT molecular complexity index is 1270. The maximum atomic E-state index is 12.5. The molecule has 11 heteroatoms. The summed E-state index contributed by atoms with van der Waals surface area (Å²) in [5.74, 6) is -1.64. The molecule has 9 nitrogen and oxygen atoms in total. The first-order valence-electron chi connectivity index (χ1n) is 11.0. The lowest BCUT2D eigenvalue weighted by atomic mass is 10.0. The second-order valence-electron chi connectivity index (χ2n) is 7.91. The minimum atomic E-state index is -1.18. The van der Waals surface area contributed by atoms with E-state index in [1.807, 2.05) is 6.92 Å². The first-order valence-corrected chi connectivity index (χ1v) is 11.7. The molecule has 0 saturated carbocycles. The first-order chi connectivity index (χ1) is 16.7. The average Bonchev–Trinajstić information content (AvgIpc) is 2.84. The summed E-state index contributed by atoms with van der Waals surface area (Å²) in [4.78, 5) is 52.1. The molecule has 0 radical (unpaired) electrons. The molecule has 0 fully saturated rings. The van der Waals surface area contributed by atoms with E-state index in [4.69, 9.17) is 23.2 Å². The lowest BCUT2D eigenvalue weighted by molar-refractivity contribution is -0.137. The summed E-state index contributed by atoms with van der Waals surface area (Å²) in [5, 5.41) is 18.3. The van der Waals surface area contributed by atoms with Gasteiger partial charge in [0.2, 0.25) is 0 Å². The molecule has 1 atom stereocenters. The molecule has 0 bridgehead atoms. The number of nitrogens with one attached hydrogen (secondary N) is 3. The van der Waals surface area contributed by atoms with E-state index >= 15 is 0 Å². The molecule has 184 valence electrons. The lowest BCUT2D eigenvalue weighted by Crippen LogP contribution is -2.42. The number of pyridine rings is 1. The highest BCUT2D eigenvalue weighted by Crippen LogP contribution is 2.29. The third-order valence-electron chi connectivity index (χ3n) is 5.36. The summed E-state index contributed by atoms with van der Waals surface area (Å²) in [7, 11) is 0. The Morgan fingerprint density at radius 3 is 2.20 bits per heavy atom. The number of aromatic nitrogens is 1. The normalized spacial score (nSPS) is 11.7. The van der Waals surface area contributed by atoms with E-state index in [9.17, 15) is 24.3 Å². The molecule has 0 unspecified atom stereocenters. The average molecular weight is 519 g/mol. The van der Waals surface area contributed by atoms with Gasteiger partial charge in [-0.05, 0) is 24.1 Å². The van der Waals surface area contributed by atoms with Crippen molar-refractivity contribution < 1.29 is 14.7 Å². The Labute approximate surface area is 211 Å². The van der Waals surface area contributed by atoms with Crippen LogP contribution in [0.5, 0.6) is 0 Å². The highest BCUT2D eigenvalue weighted by molar-refractivity contribution is 6.39. The predicted octanol–water partition coefficient (Wildman–Crippen LogP) is 3.95. The number of carboxylic acid groups (broad SMARTS) is 1. The Morgan fingerprint density at radius 2 is 1.60 bits per heavy atom. The molecular weight excluding hydrogens is 495 g/mol. The van der Waals surface area contributed by atoms with Gasteiger partial charge in [0.05, 0.1) is 15.7 Å². The predicted molar refractivity (Wildman–Crippen MR) is 137 cm³/mol. The number of halogens is 2. The number of nitrogens with zero attached hydrogens (tertiary/aromatic N) is 1. The number of carboxylic acids is 1. The van der Waals surface area contributed by atoms with Gasteiger partial charge in [0.25, 0.3) is 16.8 Å². The molecule has 0 saturated heterocycles. The van der Waals surface area contributed by atoms with Gasteiger partial charge in [-0.2, -0.15) is 0 Å². The van der Waals surface area contributed by atoms with E-state index < -0.39 is 28.8 Å². The summed E-state index contributed by atoms with van der Waals surface area (Å²) in [5.41, 5.74) is -0.137. The van der Waals surface area contributed by atoms with Gasteiger partial charge in [0, 0.05) is 30.9 Å². The minimum absolute atomic E-state index is 0.0130. The topological polar surface area (TPSA) is 137 Å². The number of amides is 1. The van der Waals surface area contributed by atoms with Crippen LogP contribution in [-0.4, -0.2) is 34.6 Å². The van der Waals surface area contributed by atoms with Crippen LogP contribution in [0, 0.1) is 0 Å². The fourth-order valence-corrected chi connectivity index (χ4v) is 3.86. The van der Waals surface area contributed by atoms with Gasteiger partial charge >= 0.3 is 5.97 Å². The van der Waals surface area contributed by atoms with E-state index in [0.717, 1.165) is 19.3 Å². The maximum absolute atomic E-state index is 12.5. The van der Waals surface area contributed by atoms with Gasteiger partial charge in [-0.15, -0.1) is 0 Å². The SMILES string of the molecule is CCCCCNc1c(N[C@@H](Cc2ccc(C(=O)Nc3c(Cl)cncc3Cl)cc2)C(=O)O)c(=O)c1=O. The molecule has 3 rings (SSSR count). The zero-order valence-electron chi connectivity index (χ0n) is 18.9. The van der Waals surface area contributed by atoms with E-state index in [2.05, 4.69) is 20.9 Å². The first kappa shape index (κ1) is 26.2. The molecule has 4 N–H and O–H groups in total. The van der Waals surface area contributed by atoms with E-state index in [0.29, 0.717) is 17.7 Å². The molecule has 3 aromatic rings. The van der Waals surface area contributed by atoms with Crippen molar-refractivity contribution in [1.82, 2.24) is 4.98 Å². The quantitative estimate of drug-likeness (QED) is 0.209. The van der Waals surface area contributed by atoms with Crippen LogP contribution in [0.1, 0.15) is 42.1 Å². The van der Waals surface area contributed by atoms with Crippen LogP contribution in [0.3, 0.4) is 0 Å². The van der Waals surface area contributed by atoms with Gasteiger partial charge in [-0.1, -0.05) is 55.1 Å². The Morgan fingerprint density at radius 1 is 0.971 bits per heavy atom. The summed E-state index contributed by atoms with van der Waals surface area (Å²) < 4.78 is 0. The molecule has 35 heavy (non-hydrogen) atoms. The van der Waals surface area contributed by atoms with Crippen LogP contribution in [0.2, 0.25) is 10.0 Å². The largest absolute Gasteiger partial charge is 0.480 e. The molecule has 0 aliphatic carbocycles. The third-order valence-corrected chi connectivity index (χ3v) is 5.93. The Hall–Kier alpha value is -3.43. The van der Waals surface area contributed by atoms with Crippen LogP contribution in [0.15, 0.2) is 46.2 Å². The lowest BCUT2D eigenvalue weighted by Gasteiger charge is -2.20. The van der Waals surface area contributed by atoms with Crippen molar-refractivity contribution in [3.63, 3.8) is 0 Å². The molecule has 0 spiro atoms. The second kappa shape index (κ2) is 11.8. The highest BCUT2D eigenvalue weighted by atomic mass is 35.5. The van der Waals surface area contributed by atoms with Crippen LogP contribution in [0.4, 0.5) is 17.1 Å². The van der Waals surface area contributed by atoms with Gasteiger partial charge < -0.3 is 21.1 Å². The van der Waals surface area contributed by atoms with Crippen LogP contribution in [-0.2, 0) is 11.2 Å². The Kier molecular flexibility index (Phi) is 8.84. The summed E-state index contributed by atoms with van der Waals surface area (Å²) in [6.07, 6.45) is 5.54. The van der Waals surface area contributed by atoms with Gasteiger partial charge in [0.1, 0.15) is 17.4 Å². The maximum Gasteiger partial charge on any atom is 0.326 e. The summed E-state index contributed by atoms with van der Waals surface area (Å²) >= 11 is 12.1. The number of hydrogen-bond acceptors (Lipinski definition) is 7. The van der Waals surface area contributed by atoms with Crippen molar-refractivity contribution in [3.05, 3.63) is 78.3 Å². The molecule has 1 heterocycles. The number of rotatable bonds is 12. The molecule has 1 amide bonds. The number of carbonyl (C=O) groups is 2. The number of unbranched alkanes of at least 4 members (excludes halogenated alkanes) is 2. The molecule has 2 aromatic carbocycles. The molecule has 0 aliphatic heterocycles. The van der Waals surface area contributed by atoms with Crippen molar-refractivity contribution >= 4 is 52.1 Å². The standard InChI is InChI=1S/C24H24Cl2N4O5/c1-2-3-4-9-28-19-20(22(32)21(19)31)29-17(24(34)35)10-13-5-7-14(8-6-13)23(33)30-18-15(25)11-27-12-16(18)26/h5-8,11-12,17,28-29H,2-4,9-10H2,1H3,(H,34,35)(H,27,30,33)/t17-/m0/s1. The zero-order chi connectivity index (χ0) is 25.5. The summed E-state index contributed by atoms with van der Waals surface area (Å²) in [6.45, 7) is 2.57. The number of hydrogen-bond donors (Lipinski definition) is 4. The van der Waals surface area contributed by atoms with Crippen LogP contribution in [0.25, 0.3) is 0 Å². The zero-order valence-corrected chi connectivity index (χ0v) is 20.4. The van der Waals surface area contributed by atoms with Crippen LogP contribution >= 0.6 is 23.2 Å².